The molecule has 2 unspecified atom stereocenters. The number of nitrogens with zero attached hydrogens (tertiary/aromatic N) is 1. The number of carbonyl (C=O) groups is 2. The Labute approximate surface area is 448 Å². The largest absolute Gasteiger partial charge is 0.472 e. The summed E-state index contributed by atoms with van der Waals surface area (Å²) in [7, 11) is 1.50. The number of quaternary nitrogens is 1. The highest BCUT2D eigenvalue weighted by Crippen LogP contribution is 2.43. The Morgan fingerprint density at radius 2 is 0.625 bits per heavy atom. The summed E-state index contributed by atoms with van der Waals surface area (Å²) >= 11 is 0. The van der Waals surface area contributed by atoms with Gasteiger partial charge in [-0.15, -0.1) is 0 Å². The van der Waals surface area contributed by atoms with Gasteiger partial charge >= 0.3 is 19.8 Å². The van der Waals surface area contributed by atoms with Crippen molar-refractivity contribution in [3.05, 3.63) is 0 Å². The molecule has 0 fully saturated rings. The fourth-order valence-corrected chi connectivity index (χ4v) is 10.5. The van der Waals surface area contributed by atoms with Crippen LogP contribution in [0.25, 0.3) is 0 Å². The number of hydrogen-bond acceptors (Lipinski definition) is 7. The van der Waals surface area contributed by atoms with E-state index < -0.39 is 26.5 Å². The summed E-state index contributed by atoms with van der Waals surface area (Å²) in [5.41, 5.74) is 0. The van der Waals surface area contributed by atoms with Crippen molar-refractivity contribution in [2.45, 2.75) is 341 Å². The Hall–Kier alpha value is -0.990. The second kappa shape index (κ2) is 54.8. The van der Waals surface area contributed by atoms with Crippen LogP contribution in [0, 0.1) is 0 Å². The molecule has 2 atom stereocenters. The Bertz CT molecular complexity index is 1180. The fourth-order valence-electron chi connectivity index (χ4n) is 9.73. The molecule has 0 aromatic carbocycles. The molecule has 72 heavy (non-hydrogen) atoms. The Morgan fingerprint density at radius 1 is 0.375 bits per heavy atom. The molecule has 0 rings (SSSR count). The Morgan fingerprint density at radius 3 is 0.889 bits per heavy atom. The summed E-state index contributed by atoms with van der Waals surface area (Å²) in [6, 6.07) is 0. The zero-order valence-electron chi connectivity index (χ0n) is 49.0. The van der Waals surface area contributed by atoms with Gasteiger partial charge in [-0.1, -0.05) is 309 Å². The average molecular weight is 1040 g/mol. The minimum absolute atomic E-state index is 0.0367. The molecule has 10 heteroatoms. The van der Waals surface area contributed by atoms with Gasteiger partial charge in [0.2, 0.25) is 0 Å². The smallest absolute Gasteiger partial charge is 0.462 e. The minimum Gasteiger partial charge on any atom is -0.462 e. The van der Waals surface area contributed by atoms with Crippen molar-refractivity contribution < 1.29 is 42.1 Å². The molecule has 0 aliphatic carbocycles. The quantitative estimate of drug-likeness (QED) is 0.0278. The van der Waals surface area contributed by atoms with Gasteiger partial charge in [-0.3, -0.25) is 18.6 Å². The molecule has 0 heterocycles. The van der Waals surface area contributed by atoms with Crippen LogP contribution in [-0.2, 0) is 32.7 Å². The van der Waals surface area contributed by atoms with Crippen molar-refractivity contribution in [3.63, 3.8) is 0 Å². The van der Waals surface area contributed by atoms with Crippen LogP contribution in [0.1, 0.15) is 335 Å². The molecule has 0 aromatic rings. The van der Waals surface area contributed by atoms with Crippen LogP contribution < -0.4 is 0 Å². The third-order valence-corrected chi connectivity index (χ3v) is 15.6. The molecule has 0 saturated heterocycles. The molecule has 0 aliphatic heterocycles. The standard InChI is InChI=1S/C62H124NO8P/c1-6-8-10-12-14-15-16-17-18-19-20-21-22-23-24-25-26-27-28-29-30-31-32-33-34-35-36-37-38-39-40-41-42-43-44-45-46-47-49-51-53-55-62(65)71-60(59-70-72(66,67)69-57-56-63(3,4)5)58-68-61(64)54-52-50-48-13-11-9-7-2/h60H,6-59H2,1-5H3/p+1. The van der Waals surface area contributed by atoms with E-state index in [1.54, 1.807) is 0 Å². The number of carbonyl (C=O) groups excluding carboxylic acids is 2. The molecule has 0 aliphatic rings. The predicted molar refractivity (Wildman–Crippen MR) is 308 cm³/mol. The van der Waals surface area contributed by atoms with E-state index in [1.807, 2.05) is 21.1 Å². The third kappa shape index (κ3) is 58.3. The van der Waals surface area contributed by atoms with Crippen molar-refractivity contribution in [2.75, 3.05) is 47.5 Å². The van der Waals surface area contributed by atoms with Crippen LogP contribution in [0.4, 0.5) is 0 Å². The highest BCUT2D eigenvalue weighted by atomic mass is 31.2. The lowest BCUT2D eigenvalue weighted by Crippen LogP contribution is -2.37. The first-order valence-electron chi connectivity index (χ1n) is 31.8. The number of phosphoric acid groups is 1. The highest BCUT2D eigenvalue weighted by molar-refractivity contribution is 7.47. The molecule has 0 spiro atoms. The van der Waals surface area contributed by atoms with Gasteiger partial charge in [0.05, 0.1) is 27.7 Å². The van der Waals surface area contributed by atoms with Gasteiger partial charge in [0.15, 0.2) is 6.10 Å². The summed E-state index contributed by atoms with van der Waals surface area (Å²) < 4.78 is 34.3. The number of likely N-dealkylation sites (N-methyl/N-ethyl adjacent to an activating group) is 1. The van der Waals surface area contributed by atoms with E-state index in [0.29, 0.717) is 17.4 Å². The lowest BCUT2D eigenvalue weighted by Gasteiger charge is -2.24. The van der Waals surface area contributed by atoms with Gasteiger partial charge in [0, 0.05) is 12.8 Å². The zero-order valence-corrected chi connectivity index (χ0v) is 49.9. The van der Waals surface area contributed by atoms with Crippen molar-refractivity contribution in [3.8, 4) is 0 Å². The zero-order chi connectivity index (χ0) is 52.7. The van der Waals surface area contributed by atoms with Crippen LogP contribution in [-0.4, -0.2) is 74.9 Å². The van der Waals surface area contributed by atoms with Gasteiger partial charge in [-0.25, -0.2) is 4.57 Å². The molecule has 0 aromatic heterocycles. The molecule has 0 saturated carbocycles. The lowest BCUT2D eigenvalue weighted by molar-refractivity contribution is -0.870. The van der Waals surface area contributed by atoms with E-state index in [1.165, 1.54) is 270 Å². The Balaban J connectivity index is 3.68. The molecular weight excluding hydrogens is 918 g/mol. The van der Waals surface area contributed by atoms with Gasteiger partial charge < -0.3 is 18.9 Å². The molecule has 430 valence electrons. The van der Waals surface area contributed by atoms with E-state index in [-0.39, 0.29) is 25.6 Å². The summed E-state index contributed by atoms with van der Waals surface area (Å²) in [6.07, 6.45) is 64.1. The summed E-state index contributed by atoms with van der Waals surface area (Å²) in [5.74, 6) is -0.787. The van der Waals surface area contributed by atoms with Crippen LogP contribution in [0.15, 0.2) is 0 Å². The minimum atomic E-state index is -4.37. The van der Waals surface area contributed by atoms with Gasteiger partial charge in [0.25, 0.3) is 0 Å². The highest BCUT2D eigenvalue weighted by Gasteiger charge is 2.27. The van der Waals surface area contributed by atoms with Gasteiger partial charge in [-0.2, -0.15) is 0 Å². The van der Waals surface area contributed by atoms with E-state index in [0.717, 1.165) is 38.5 Å². The second-order valence-electron chi connectivity index (χ2n) is 23.2. The van der Waals surface area contributed by atoms with Crippen LogP contribution in [0.5, 0.6) is 0 Å². The summed E-state index contributed by atoms with van der Waals surface area (Å²) in [5, 5.41) is 0. The molecule has 0 bridgehead atoms. The van der Waals surface area contributed by atoms with Gasteiger partial charge in [0.1, 0.15) is 19.8 Å². The van der Waals surface area contributed by atoms with Crippen LogP contribution in [0.3, 0.4) is 0 Å². The van der Waals surface area contributed by atoms with E-state index in [9.17, 15) is 19.0 Å². The van der Waals surface area contributed by atoms with E-state index >= 15 is 0 Å². The summed E-state index contributed by atoms with van der Waals surface area (Å²) in [6.45, 7) is 4.43. The van der Waals surface area contributed by atoms with Crippen molar-refractivity contribution in [1.82, 2.24) is 0 Å². The van der Waals surface area contributed by atoms with E-state index in [4.69, 9.17) is 18.5 Å². The number of ether oxygens (including phenoxy) is 2. The first kappa shape index (κ1) is 71.0. The third-order valence-electron chi connectivity index (χ3n) is 14.6. The monoisotopic (exact) mass is 1040 g/mol. The first-order chi connectivity index (χ1) is 35.0. The van der Waals surface area contributed by atoms with E-state index in [2.05, 4.69) is 13.8 Å². The maximum atomic E-state index is 12.7. The normalized spacial score (nSPS) is 13.1. The molecular formula is C62H125NO8P+. The number of rotatable bonds is 60. The SMILES string of the molecule is CCCCCCCCCCCCCCCCCCCCCCCCCCCCCCCCCCCCCCCCCCCC(=O)OC(COC(=O)CCCCCCCCC)COP(=O)(O)OCC[N+](C)(C)C. The molecule has 0 radical (unpaired) electrons. The van der Waals surface area contributed by atoms with Crippen molar-refractivity contribution in [2.24, 2.45) is 0 Å². The fraction of sp³-hybridized carbons (Fsp3) is 0.968. The number of unbranched alkanes of at least 4 members (excludes halogenated alkanes) is 46. The average Bonchev–Trinajstić information content (AvgIpc) is 3.34. The number of esters is 2. The maximum Gasteiger partial charge on any atom is 0.472 e. The predicted octanol–water partition coefficient (Wildman–Crippen LogP) is 19.8. The topological polar surface area (TPSA) is 108 Å². The summed E-state index contributed by atoms with van der Waals surface area (Å²) in [4.78, 5) is 35.3. The molecule has 9 nitrogen and oxygen atoms in total. The van der Waals surface area contributed by atoms with Gasteiger partial charge in [-0.05, 0) is 12.8 Å². The van der Waals surface area contributed by atoms with Crippen molar-refractivity contribution >= 4 is 19.8 Å². The Kier molecular flexibility index (Phi) is 54.0. The number of hydrogen-bond donors (Lipinski definition) is 1. The molecule has 0 amide bonds. The molecule has 1 N–H and O–H groups in total. The number of phosphoric ester groups is 1. The maximum absolute atomic E-state index is 12.7. The lowest BCUT2D eigenvalue weighted by atomic mass is 10.0. The van der Waals surface area contributed by atoms with Crippen LogP contribution >= 0.6 is 7.82 Å². The first-order valence-corrected chi connectivity index (χ1v) is 33.3. The van der Waals surface area contributed by atoms with Crippen LogP contribution in [0.2, 0.25) is 0 Å². The van der Waals surface area contributed by atoms with Crippen molar-refractivity contribution in [1.29, 1.82) is 0 Å². The second-order valence-corrected chi connectivity index (χ2v) is 24.6.